The van der Waals surface area contributed by atoms with Crippen LogP contribution >= 0.6 is 11.8 Å². The van der Waals surface area contributed by atoms with E-state index < -0.39 is 0 Å². The first-order valence-electron chi connectivity index (χ1n) is 7.54. The van der Waals surface area contributed by atoms with Crippen LogP contribution in [0.3, 0.4) is 0 Å². The lowest BCUT2D eigenvalue weighted by molar-refractivity contribution is -0.123. The smallest absolute Gasteiger partial charge is 0.136 e. The van der Waals surface area contributed by atoms with Crippen LogP contribution in [0.4, 0.5) is 0 Å². The molecule has 0 amide bonds. The van der Waals surface area contributed by atoms with E-state index in [0.717, 1.165) is 29.8 Å². The number of thioether (sulfide) groups is 1. The molecule has 3 nitrogen and oxygen atoms in total. The second kappa shape index (κ2) is 8.28. The summed E-state index contributed by atoms with van der Waals surface area (Å²) in [7, 11) is 1.67. The minimum Gasteiger partial charge on any atom is -0.382 e. The molecule has 0 radical (unpaired) electrons. The van der Waals surface area contributed by atoms with Crippen molar-refractivity contribution < 1.29 is 14.3 Å². The van der Waals surface area contributed by atoms with Gasteiger partial charge in [-0.05, 0) is 32.1 Å². The van der Waals surface area contributed by atoms with Gasteiger partial charge in [-0.2, -0.15) is 11.8 Å². The molecule has 2 saturated heterocycles. The molecule has 4 heteroatoms. The zero-order chi connectivity index (χ0) is 13.5. The van der Waals surface area contributed by atoms with Crippen LogP contribution in [0, 0.1) is 5.92 Å². The molecule has 0 aromatic heterocycles. The predicted molar refractivity (Wildman–Crippen MR) is 78.7 cm³/mol. The molecule has 0 saturated carbocycles. The number of carbonyl (C=O) groups is 1. The Morgan fingerprint density at radius 3 is 2.58 bits per heavy atom. The number of carbonyl (C=O) groups excluding carboxylic acids is 1. The van der Waals surface area contributed by atoms with Crippen molar-refractivity contribution in [3.8, 4) is 0 Å². The van der Waals surface area contributed by atoms with Gasteiger partial charge in [-0.1, -0.05) is 6.42 Å². The van der Waals surface area contributed by atoms with Crippen molar-refractivity contribution in [2.75, 3.05) is 26.9 Å². The first-order chi connectivity index (χ1) is 9.29. The molecule has 2 heterocycles. The molecule has 0 aromatic rings. The Kier molecular flexibility index (Phi) is 6.68. The van der Waals surface area contributed by atoms with Crippen LogP contribution in [0.25, 0.3) is 0 Å². The Labute approximate surface area is 120 Å². The molecule has 19 heavy (non-hydrogen) atoms. The molecule has 0 N–H and O–H groups in total. The second-order valence-corrected chi connectivity index (χ2v) is 7.26. The summed E-state index contributed by atoms with van der Waals surface area (Å²) >= 11 is 2.14. The van der Waals surface area contributed by atoms with Crippen molar-refractivity contribution in [1.82, 2.24) is 0 Å². The summed E-state index contributed by atoms with van der Waals surface area (Å²) in [6.07, 6.45) is 7.84. The Hall–Kier alpha value is -0.0600. The molecular weight excluding hydrogens is 260 g/mol. The zero-order valence-electron chi connectivity index (χ0n) is 11.9. The highest BCUT2D eigenvalue weighted by molar-refractivity contribution is 8.00. The maximum Gasteiger partial charge on any atom is 0.136 e. The number of ether oxygens (including phenoxy) is 2. The Balaban J connectivity index is 1.60. The average molecular weight is 286 g/mol. The van der Waals surface area contributed by atoms with Crippen LogP contribution < -0.4 is 0 Å². The predicted octanol–water partition coefficient (Wildman–Crippen LogP) is 3.06. The number of Topliss-reactive ketones (excluding diaryl/α,β-unsaturated/α-hetero) is 1. The first-order valence-corrected chi connectivity index (χ1v) is 8.48. The second-order valence-electron chi connectivity index (χ2n) is 5.65. The van der Waals surface area contributed by atoms with Gasteiger partial charge in [-0.3, -0.25) is 4.79 Å². The number of hydrogen-bond acceptors (Lipinski definition) is 4. The van der Waals surface area contributed by atoms with Gasteiger partial charge in [0.05, 0.1) is 13.2 Å². The van der Waals surface area contributed by atoms with Gasteiger partial charge < -0.3 is 9.47 Å². The molecule has 0 aromatic carbocycles. The summed E-state index contributed by atoms with van der Waals surface area (Å²) in [6, 6.07) is 0. The molecule has 2 aliphatic rings. The highest BCUT2D eigenvalue weighted by atomic mass is 32.2. The molecule has 110 valence electrons. The van der Waals surface area contributed by atoms with Crippen molar-refractivity contribution in [2.24, 2.45) is 5.92 Å². The number of ketones is 1. The van der Waals surface area contributed by atoms with Gasteiger partial charge in [0, 0.05) is 36.6 Å². The summed E-state index contributed by atoms with van der Waals surface area (Å²) in [4.78, 5) is 12.2. The maximum atomic E-state index is 12.2. The Morgan fingerprint density at radius 1 is 1.16 bits per heavy atom. The largest absolute Gasteiger partial charge is 0.382 e. The van der Waals surface area contributed by atoms with Gasteiger partial charge in [-0.15, -0.1) is 0 Å². The third-order valence-corrected chi connectivity index (χ3v) is 5.76. The zero-order valence-corrected chi connectivity index (χ0v) is 12.8. The van der Waals surface area contributed by atoms with E-state index in [1.807, 2.05) is 0 Å². The lowest BCUT2D eigenvalue weighted by Crippen LogP contribution is -2.32. The summed E-state index contributed by atoms with van der Waals surface area (Å²) in [5.41, 5.74) is 0. The summed E-state index contributed by atoms with van der Waals surface area (Å²) < 4.78 is 10.3. The van der Waals surface area contributed by atoms with Crippen molar-refractivity contribution in [1.29, 1.82) is 0 Å². The highest BCUT2D eigenvalue weighted by Gasteiger charge is 2.35. The first kappa shape index (κ1) is 15.3. The molecule has 0 spiro atoms. The van der Waals surface area contributed by atoms with E-state index in [0.29, 0.717) is 37.9 Å². The summed E-state index contributed by atoms with van der Waals surface area (Å²) in [5.74, 6) is 0.822. The summed E-state index contributed by atoms with van der Waals surface area (Å²) in [5, 5.41) is 1.53. The summed E-state index contributed by atoms with van der Waals surface area (Å²) in [6.45, 7) is 1.95. The average Bonchev–Trinajstić information content (AvgIpc) is 2.42. The van der Waals surface area contributed by atoms with Crippen LogP contribution in [0.2, 0.25) is 0 Å². The van der Waals surface area contributed by atoms with Crippen LogP contribution in [0.1, 0.15) is 44.9 Å². The molecule has 2 rings (SSSR count). The molecule has 2 atom stereocenters. The van der Waals surface area contributed by atoms with Crippen LogP contribution in [-0.2, 0) is 14.3 Å². The molecule has 0 aliphatic carbocycles. The molecule has 2 aliphatic heterocycles. The van der Waals surface area contributed by atoms with Gasteiger partial charge in [0.2, 0.25) is 0 Å². The Bertz CT molecular complexity index is 271. The van der Waals surface area contributed by atoms with E-state index in [1.165, 1.54) is 19.3 Å². The van der Waals surface area contributed by atoms with E-state index >= 15 is 0 Å². The lowest BCUT2D eigenvalue weighted by atomic mass is 9.85. The maximum absolute atomic E-state index is 12.2. The molecule has 2 fully saturated rings. The highest BCUT2D eigenvalue weighted by Crippen LogP contribution is 2.44. The van der Waals surface area contributed by atoms with E-state index in [2.05, 4.69) is 11.8 Å². The molecule has 2 bridgehead atoms. The van der Waals surface area contributed by atoms with Crippen molar-refractivity contribution >= 4 is 17.5 Å². The van der Waals surface area contributed by atoms with E-state index in [1.54, 1.807) is 7.11 Å². The van der Waals surface area contributed by atoms with Crippen LogP contribution in [-0.4, -0.2) is 43.2 Å². The fourth-order valence-electron chi connectivity index (χ4n) is 3.12. The number of methoxy groups -OCH3 is 1. The SMILES string of the molecule is COCCOCCCC(=O)C1CC2CCCC(C1)S2. The van der Waals surface area contributed by atoms with Crippen molar-refractivity contribution in [3.05, 3.63) is 0 Å². The van der Waals surface area contributed by atoms with Gasteiger partial charge in [0.1, 0.15) is 5.78 Å². The van der Waals surface area contributed by atoms with E-state index in [4.69, 9.17) is 9.47 Å². The number of rotatable bonds is 8. The standard InChI is InChI=1S/C15H26O3S/c1-17-8-9-18-7-3-6-15(16)12-10-13-4-2-5-14(11-12)19-13/h12-14H,2-11H2,1H3. The van der Waals surface area contributed by atoms with E-state index in [9.17, 15) is 4.79 Å². The van der Waals surface area contributed by atoms with Gasteiger partial charge in [0.25, 0.3) is 0 Å². The normalized spacial score (nSPS) is 30.3. The third kappa shape index (κ3) is 5.09. The number of fused-ring (bicyclic) bond motifs is 2. The third-order valence-electron chi connectivity index (χ3n) is 4.13. The molecule has 2 unspecified atom stereocenters. The van der Waals surface area contributed by atoms with Crippen molar-refractivity contribution in [3.63, 3.8) is 0 Å². The fraction of sp³-hybridized carbons (Fsp3) is 0.933. The minimum atomic E-state index is 0.343. The monoisotopic (exact) mass is 286 g/mol. The minimum absolute atomic E-state index is 0.343. The Morgan fingerprint density at radius 2 is 1.89 bits per heavy atom. The number of hydrogen-bond donors (Lipinski definition) is 0. The van der Waals surface area contributed by atoms with Crippen LogP contribution in [0.15, 0.2) is 0 Å². The lowest BCUT2D eigenvalue weighted by Gasteiger charge is -2.38. The van der Waals surface area contributed by atoms with Gasteiger partial charge in [0.15, 0.2) is 0 Å². The van der Waals surface area contributed by atoms with Gasteiger partial charge in [-0.25, -0.2) is 0 Å². The van der Waals surface area contributed by atoms with E-state index in [-0.39, 0.29) is 0 Å². The van der Waals surface area contributed by atoms with Gasteiger partial charge >= 0.3 is 0 Å². The van der Waals surface area contributed by atoms with Crippen LogP contribution in [0.5, 0.6) is 0 Å². The topological polar surface area (TPSA) is 35.5 Å². The fourth-order valence-corrected chi connectivity index (χ4v) is 4.96. The van der Waals surface area contributed by atoms with Crippen molar-refractivity contribution in [2.45, 2.75) is 55.4 Å². The molecular formula is C15H26O3S. The quantitative estimate of drug-likeness (QED) is 0.642.